The topological polar surface area (TPSA) is 137 Å². The van der Waals surface area contributed by atoms with Gasteiger partial charge in [0.25, 0.3) is 0 Å². The zero-order valence-electron chi connectivity index (χ0n) is 26.7. The Kier molecular flexibility index (Phi) is 15.2. The van der Waals surface area contributed by atoms with Gasteiger partial charge in [-0.25, -0.2) is 4.79 Å². The van der Waals surface area contributed by atoms with Crippen molar-refractivity contribution in [3.8, 4) is 0 Å². The largest absolute Gasteiger partial charge is 0.445 e. The van der Waals surface area contributed by atoms with Crippen molar-refractivity contribution >= 4 is 35.6 Å². The Balaban J connectivity index is 2.35. The van der Waals surface area contributed by atoms with Crippen molar-refractivity contribution in [2.75, 3.05) is 18.6 Å². The van der Waals surface area contributed by atoms with Crippen LogP contribution >= 0.6 is 11.8 Å². The van der Waals surface area contributed by atoms with E-state index in [4.69, 9.17) is 4.74 Å². The molecule has 0 radical (unpaired) electrons. The number of rotatable bonds is 16. The number of aliphatic hydroxyl groups excluding tert-OH is 1. The summed E-state index contributed by atoms with van der Waals surface area (Å²) in [5.41, 5.74) is 1.01. The van der Waals surface area contributed by atoms with Gasteiger partial charge in [0.15, 0.2) is 0 Å². The molecular formula is C33H48N4O6S. The third-order valence-electron chi connectivity index (χ3n) is 6.58. The van der Waals surface area contributed by atoms with Crippen LogP contribution in [0, 0.1) is 5.92 Å². The van der Waals surface area contributed by atoms with Gasteiger partial charge >= 0.3 is 6.09 Å². The molecule has 0 fully saturated rings. The number of carbonyl (C=O) groups excluding carboxylic acids is 4. The fourth-order valence-corrected chi connectivity index (χ4v) is 4.95. The van der Waals surface area contributed by atoms with Gasteiger partial charge in [-0.3, -0.25) is 14.4 Å². The van der Waals surface area contributed by atoms with E-state index >= 15 is 0 Å². The van der Waals surface area contributed by atoms with E-state index in [0.717, 1.165) is 11.1 Å². The van der Waals surface area contributed by atoms with Crippen LogP contribution < -0.4 is 16.0 Å². The average molecular weight is 629 g/mol. The average Bonchev–Trinajstić information content (AvgIpc) is 2.97. The van der Waals surface area contributed by atoms with Crippen LogP contribution in [-0.4, -0.2) is 76.1 Å². The van der Waals surface area contributed by atoms with Crippen LogP contribution in [0.15, 0.2) is 60.7 Å². The van der Waals surface area contributed by atoms with Crippen LogP contribution in [0.1, 0.15) is 58.6 Å². The van der Waals surface area contributed by atoms with Crippen molar-refractivity contribution in [2.45, 2.75) is 84.3 Å². The zero-order valence-corrected chi connectivity index (χ0v) is 27.5. The Bertz CT molecular complexity index is 1190. The van der Waals surface area contributed by atoms with Gasteiger partial charge in [-0.15, -0.1) is 0 Å². The molecule has 2 aromatic carbocycles. The highest BCUT2D eigenvalue weighted by atomic mass is 32.2. The normalized spacial score (nSPS) is 13.4. The molecule has 4 N–H and O–H groups in total. The highest BCUT2D eigenvalue weighted by Gasteiger charge is 2.36. The van der Waals surface area contributed by atoms with E-state index in [1.165, 1.54) is 16.7 Å². The summed E-state index contributed by atoms with van der Waals surface area (Å²) >= 11 is 1.54. The second-order valence-electron chi connectivity index (χ2n) is 12.1. The molecule has 0 aliphatic heterocycles. The number of hydrogen-bond acceptors (Lipinski definition) is 7. The van der Waals surface area contributed by atoms with E-state index in [1.807, 2.05) is 102 Å². The lowest BCUT2D eigenvalue weighted by Crippen LogP contribution is -2.60. The molecule has 3 atom stereocenters. The smallest absolute Gasteiger partial charge is 0.408 e. The number of hydrogen-bond donors (Lipinski definition) is 4. The number of benzene rings is 2. The number of amides is 4. The lowest BCUT2D eigenvalue weighted by Gasteiger charge is -2.34. The molecule has 0 bridgehead atoms. The zero-order chi connectivity index (χ0) is 32.7. The molecule has 0 saturated heterocycles. The van der Waals surface area contributed by atoms with Crippen LogP contribution in [0.2, 0.25) is 0 Å². The maximum absolute atomic E-state index is 14.2. The molecule has 0 saturated carbocycles. The number of nitrogens with zero attached hydrogens (tertiary/aromatic N) is 1. The number of nitrogens with one attached hydrogen (secondary N) is 3. The predicted octanol–water partition coefficient (Wildman–Crippen LogP) is 3.87. The quantitative estimate of drug-likeness (QED) is 0.222. The van der Waals surface area contributed by atoms with E-state index in [1.54, 1.807) is 0 Å². The molecule has 0 heterocycles. The second-order valence-corrected chi connectivity index (χ2v) is 13.1. The Morgan fingerprint density at radius 3 is 2.00 bits per heavy atom. The van der Waals surface area contributed by atoms with E-state index in [9.17, 15) is 24.3 Å². The second kappa shape index (κ2) is 18.3. The summed E-state index contributed by atoms with van der Waals surface area (Å²) in [6, 6.07) is 15.0. The molecule has 4 amide bonds. The molecule has 2 rings (SSSR count). The maximum atomic E-state index is 14.2. The van der Waals surface area contributed by atoms with Crippen LogP contribution in [0.25, 0.3) is 0 Å². The summed E-state index contributed by atoms with van der Waals surface area (Å²) in [6.07, 6.45) is 1.77. The van der Waals surface area contributed by atoms with Gasteiger partial charge < -0.3 is 30.7 Å². The van der Waals surface area contributed by atoms with Crippen molar-refractivity contribution in [3.05, 3.63) is 71.8 Å². The summed E-state index contributed by atoms with van der Waals surface area (Å²) in [6.45, 7) is 8.72. The lowest BCUT2D eigenvalue weighted by atomic mass is 10.0. The third-order valence-corrected chi connectivity index (χ3v) is 7.23. The molecule has 2 aromatic rings. The summed E-state index contributed by atoms with van der Waals surface area (Å²) in [5, 5.41) is 18.8. The van der Waals surface area contributed by atoms with Crippen molar-refractivity contribution in [2.24, 2.45) is 5.92 Å². The van der Waals surface area contributed by atoms with Gasteiger partial charge in [0.05, 0.1) is 6.61 Å². The Labute approximate surface area is 265 Å². The molecule has 10 nitrogen and oxygen atoms in total. The fraction of sp³-hybridized carbons (Fsp3) is 0.515. The van der Waals surface area contributed by atoms with Gasteiger partial charge in [0.1, 0.15) is 24.7 Å². The fourth-order valence-electron chi connectivity index (χ4n) is 4.47. The maximum Gasteiger partial charge on any atom is 0.408 e. The lowest BCUT2D eigenvalue weighted by molar-refractivity contribution is -0.145. The molecular weight excluding hydrogens is 580 g/mol. The minimum absolute atomic E-state index is 0.00265. The first-order valence-electron chi connectivity index (χ1n) is 14.9. The first kappa shape index (κ1) is 36.6. The molecule has 0 aliphatic rings. The highest BCUT2D eigenvalue weighted by Crippen LogP contribution is 2.16. The summed E-state index contributed by atoms with van der Waals surface area (Å²) in [5.74, 6) is -0.937. The molecule has 44 heavy (non-hydrogen) atoms. The minimum Gasteiger partial charge on any atom is -0.445 e. The highest BCUT2D eigenvalue weighted by molar-refractivity contribution is 7.98. The molecule has 0 aliphatic carbocycles. The van der Waals surface area contributed by atoms with Gasteiger partial charge in [-0.2, -0.15) is 11.8 Å². The van der Waals surface area contributed by atoms with E-state index in [-0.39, 0.29) is 31.4 Å². The number of aliphatic hydroxyl groups is 1. The number of thioether (sulfide) groups is 1. The van der Waals surface area contributed by atoms with Gasteiger partial charge in [-0.05, 0) is 62.7 Å². The Morgan fingerprint density at radius 1 is 0.886 bits per heavy atom. The standard InChI is InChI=1S/C33H48N4O6S/c1-23(2)19-27(35-32(42)43-22-25-15-11-8-12-16-25)31(41)37(20-24-13-9-7-10-14-24)28(21-38)30(40)34-26(17-18-44-6)29(39)36-33(3,4)5/h7-16,23,26-28,38H,17-22H2,1-6H3,(H,34,40)(H,35,42)(H,36,39)/t26-,27-,28-/m0/s1. The summed E-state index contributed by atoms with van der Waals surface area (Å²) in [7, 11) is 0. The van der Waals surface area contributed by atoms with Crippen molar-refractivity contribution in [1.29, 1.82) is 0 Å². The SMILES string of the molecule is CSCC[C@H](NC(=O)[C@H](CO)N(Cc1ccccc1)C(=O)[C@H](CC(C)C)NC(=O)OCc1ccccc1)C(=O)NC(C)(C)C. The summed E-state index contributed by atoms with van der Waals surface area (Å²) < 4.78 is 5.38. The van der Waals surface area contributed by atoms with Crippen LogP contribution in [0.3, 0.4) is 0 Å². The van der Waals surface area contributed by atoms with Gasteiger partial charge in [0.2, 0.25) is 17.7 Å². The van der Waals surface area contributed by atoms with E-state index in [2.05, 4.69) is 16.0 Å². The number of alkyl carbamates (subject to hydrolysis) is 1. The van der Waals surface area contributed by atoms with Crippen LogP contribution in [-0.2, 0) is 32.3 Å². The number of ether oxygens (including phenoxy) is 1. The first-order valence-corrected chi connectivity index (χ1v) is 16.3. The molecule has 11 heteroatoms. The monoisotopic (exact) mass is 628 g/mol. The molecule has 0 spiro atoms. The molecule has 0 aromatic heterocycles. The predicted molar refractivity (Wildman–Crippen MR) is 174 cm³/mol. The van der Waals surface area contributed by atoms with Crippen molar-refractivity contribution < 1.29 is 29.0 Å². The third kappa shape index (κ3) is 13.0. The Hall–Kier alpha value is -3.57. The molecule has 0 unspecified atom stereocenters. The van der Waals surface area contributed by atoms with Gasteiger partial charge in [0, 0.05) is 12.1 Å². The van der Waals surface area contributed by atoms with E-state index in [0.29, 0.717) is 12.2 Å². The summed E-state index contributed by atoms with van der Waals surface area (Å²) in [4.78, 5) is 55.0. The number of carbonyl (C=O) groups is 4. The van der Waals surface area contributed by atoms with Crippen LogP contribution in [0.4, 0.5) is 4.79 Å². The first-order chi connectivity index (χ1) is 20.8. The Morgan fingerprint density at radius 2 is 1.48 bits per heavy atom. The van der Waals surface area contributed by atoms with Crippen molar-refractivity contribution in [3.63, 3.8) is 0 Å². The van der Waals surface area contributed by atoms with Crippen molar-refractivity contribution in [1.82, 2.24) is 20.9 Å². The van der Waals surface area contributed by atoms with Gasteiger partial charge in [-0.1, -0.05) is 74.5 Å². The van der Waals surface area contributed by atoms with E-state index < -0.39 is 48.2 Å². The van der Waals surface area contributed by atoms with Crippen LogP contribution in [0.5, 0.6) is 0 Å². The minimum atomic E-state index is -1.32. The molecule has 242 valence electrons.